The summed E-state index contributed by atoms with van der Waals surface area (Å²) >= 11 is 6.05. The summed E-state index contributed by atoms with van der Waals surface area (Å²) in [7, 11) is 0. The number of nitrogens with zero attached hydrogens (tertiary/aromatic N) is 2. The molecule has 4 rings (SSSR count). The molecule has 2 aliphatic heterocycles. The number of ether oxygens (including phenoxy) is 1. The van der Waals surface area contributed by atoms with Gasteiger partial charge in [-0.2, -0.15) is 0 Å². The van der Waals surface area contributed by atoms with Crippen LogP contribution in [0.1, 0.15) is 32.3 Å². The van der Waals surface area contributed by atoms with Gasteiger partial charge < -0.3 is 9.64 Å². The first-order chi connectivity index (χ1) is 14.5. The minimum Gasteiger partial charge on any atom is -0.494 e. The molecule has 2 amide bonds. The third-order valence-electron chi connectivity index (χ3n) is 5.70. The zero-order chi connectivity index (χ0) is 21.3. The Kier molecular flexibility index (Phi) is 5.82. The maximum Gasteiger partial charge on any atom is 0.282 e. The predicted molar refractivity (Wildman–Crippen MR) is 118 cm³/mol. The lowest BCUT2D eigenvalue weighted by Crippen LogP contribution is -2.38. The molecule has 0 atom stereocenters. The predicted octanol–water partition coefficient (Wildman–Crippen LogP) is 4.76. The van der Waals surface area contributed by atoms with E-state index in [1.54, 1.807) is 48.5 Å². The summed E-state index contributed by atoms with van der Waals surface area (Å²) in [6.45, 7) is 6.23. The fourth-order valence-corrected chi connectivity index (χ4v) is 4.14. The number of likely N-dealkylation sites (tertiary alicyclic amines) is 1. The molecule has 0 bridgehead atoms. The molecule has 0 aliphatic carbocycles. The van der Waals surface area contributed by atoms with Gasteiger partial charge in [0, 0.05) is 18.1 Å². The Morgan fingerprint density at radius 1 is 0.967 bits per heavy atom. The first-order valence-electron chi connectivity index (χ1n) is 10.4. The minimum atomic E-state index is -0.305. The van der Waals surface area contributed by atoms with Gasteiger partial charge in [-0.05, 0) is 67.6 Å². The van der Waals surface area contributed by atoms with Gasteiger partial charge >= 0.3 is 0 Å². The van der Waals surface area contributed by atoms with E-state index in [1.807, 2.05) is 6.92 Å². The van der Waals surface area contributed by atoms with Crippen molar-refractivity contribution in [3.05, 3.63) is 64.8 Å². The highest BCUT2D eigenvalue weighted by Crippen LogP contribution is 2.37. The van der Waals surface area contributed by atoms with E-state index in [0.717, 1.165) is 25.9 Å². The van der Waals surface area contributed by atoms with Crippen molar-refractivity contribution in [1.29, 1.82) is 0 Å². The number of carbonyl (C=O) groups is 2. The zero-order valence-electron chi connectivity index (χ0n) is 17.2. The molecule has 0 saturated carbocycles. The van der Waals surface area contributed by atoms with Crippen molar-refractivity contribution in [3.8, 4) is 5.75 Å². The van der Waals surface area contributed by atoms with Crippen molar-refractivity contribution in [1.82, 2.24) is 4.90 Å². The second kappa shape index (κ2) is 8.52. The lowest BCUT2D eigenvalue weighted by atomic mass is 9.97. The SMILES string of the molecule is CCOc1ccc(N2C(=O)C(c3ccc(Cl)cc3)=C(N3CCC(C)CC3)C2=O)cc1. The van der Waals surface area contributed by atoms with Gasteiger partial charge in [-0.15, -0.1) is 0 Å². The molecule has 2 aliphatic rings. The van der Waals surface area contributed by atoms with Gasteiger partial charge in [-0.25, -0.2) is 4.90 Å². The summed E-state index contributed by atoms with van der Waals surface area (Å²) in [5, 5.41) is 0.591. The molecule has 1 fully saturated rings. The number of imide groups is 1. The van der Waals surface area contributed by atoms with Gasteiger partial charge in [-0.3, -0.25) is 9.59 Å². The van der Waals surface area contributed by atoms with Crippen LogP contribution in [0.15, 0.2) is 54.2 Å². The molecule has 30 heavy (non-hydrogen) atoms. The minimum absolute atomic E-state index is 0.274. The number of rotatable bonds is 5. The van der Waals surface area contributed by atoms with Crippen LogP contribution in [0.2, 0.25) is 5.02 Å². The number of amides is 2. The molecule has 0 radical (unpaired) electrons. The summed E-state index contributed by atoms with van der Waals surface area (Å²) in [6.07, 6.45) is 2.00. The topological polar surface area (TPSA) is 49.9 Å². The van der Waals surface area contributed by atoms with Crippen molar-refractivity contribution in [2.75, 3.05) is 24.6 Å². The molecular formula is C24H25ClN2O3. The summed E-state index contributed by atoms with van der Waals surface area (Å²) in [5.74, 6) is 0.746. The van der Waals surface area contributed by atoms with Crippen LogP contribution in [0.4, 0.5) is 5.69 Å². The fraction of sp³-hybridized carbons (Fsp3) is 0.333. The van der Waals surface area contributed by atoms with E-state index in [4.69, 9.17) is 16.3 Å². The third kappa shape index (κ3) is 3.82. The lowest BCUT2D eigenvalue weighted by Gasteiger charge is -2.32. The summed E-state index contributed by atoms with van der Waals surface area (Å²) in [6, 6.07) is 14.2. The lowest BCUT2D eigenvalue weighted by molar-refractivity contribution is -0.120. The fourth-order valence-electron chi connectivity index (χ4n) is 4.01. The normalized spacial score (nSPS) is 17.8. The van der Waals surface area contributed by atoms with E-state index in [-0.39, 0.29) is 11.8 Å². The van der Waals surface area contributed by atoms with E-state index in [2.05, 4.69) is 11.8 Å². The maximum absolute atomic E-state index is 13.5. The van der Waals surface area contributed by atoms with Gasteiger partial charge in [-0.1, -0.05) is 30.7 Å². The van der Waals surface area contributed by atoms with Crippen molar-refractivity contribution >= 4 is 34.7 Å². The van der Waals surface area contributed by atoms with Crippen LogP contribution in [-0.4, -0.2) is 36.4 Å². The van der Waals surface area contributed by atoms with Crippen LogP contribution < -0.4 is 9.64 Å². The van der Waals surface area contributed by atoms with Gasteiger partial charge in [0.2, 0.25) is 0 Å². The van der Waals surface area contributed by atoms with Crippen molar-refractivity contribution in [3.63, 3.8) is 0 Å². The van der Waals surface area contributed by atoms with Crippen LogP contribution in [0.3, 0.4) is 0 Å². The van der Waals surface area contributed by atoms with E-state index >= 15 is 0 Å². The van der Waals surface area contributed by atoms with Gasteiger partial charge in [0.05, 0.1) is 17.9 Å². The molecule has 156 valence electrons. The van der Waals surface area contributed by atoms with Crippen molar-refractivity contribution in [2.24, 2.45) is 5.92 Å². The number of benzene rings is 2. The van der Waals surface area contributed by atoms with Crippen molar-refractivity contribution in [2.45, 2.75) is 26.7 Å². The molecule has 2 heterocycles. The molecule has 2 aromatic rings. The molecule has 0 aromatic heterocycles. The first-order valence-corrected chi connectivity index (χ1v) is 10.7. The summed E-state index contributed by atoms with van der Waals surface area (Å²) in [5.41, 5.74) is 2.18. The Bertz CT molecular complexity index is 975. The molecule has 5 nitrogen and oxygen atoms in total. The average molecular weight is 425 g/mol. The molecular weight excluding hydrogens is 400 g/mol. The van der Waals surface area contributed by atoms with E-state index < -0.39 is 0 Å². The molecule has 6 heteroatoms. The van der Waals surface area contributed by atoms with E-state index in [1.165, 1.54) is 4.90 Å². The van der Waals surface area contributed by atoms with Crippen LogP contribution in [0, 0.1) is 5.92 Å². The Labute approximate surface area is 181 Å². The Morgan fingerprint density at radius 3 is 2.20 bits per heavy atom. The smallest absolute Gasteiger partial charge is 0.282 e. The van der Waals surface area contributed by atoms with Crippen LogP contribution in [0.25, 0.3) is 5.57 Å². The largest absolute Gasteiger partial charge is 0.494 e. The Hall–Kier alpha value is -2.79. The zero-order valence-corrected chi connectivity index (χ0v) is 18.0. The second-order valence-electron chi connectivity index (χ2n) is 7.77. The summed E-state index contributed by atoms with van der Waals surface area (Å²) < 4.78 is 5.49. The van der Waals surface area contributed by atoms with Crippen LogP contribution in [0.5, 0.6) is 5.75 Å². The standard InChI is InChI=1S/C24H25ClN2O3/c1-3-30-20-10-8-19(9-11-20)27-23(28)21(17-4-6-18(25)7-5-17)22(24(27)29)26-14-12-16(2)13-15-26/h4-11,16H,3,12-15H2,1-2H3. The molecule has 0 unspecified atom stereocenters. The number of carbonyl (C=O) groups excluding carboxylic acids is 2. The Morgan fingerprint density at radius 2 is 1.60 bits per heavy atom. The number of halogens is 1. The molecule has 2 aromatic carbocycles. The van der Waals surface area contributed by atoms with Crippen LogP contribution >= 0.6 is 11.6 Å². The highest BCUT2D eigenvalue weighted by molar-refractivity contribution is 6.45. The molecule has 0 N–H and O–H groups in total. The third-order valence-corrected chi connectivity index (χ3v) is 5.95. The number of anilines is 1. The first kappa shape index (κ1) is 20.5. The highest BCUT2D eigenvalue weighted by atomic mass is 35.5. The van der Waals surface area contributed by atoms with Gasteiger partial charge in [0.15, 0.2) is 0 Å². The second-order valence-corrected chi connectivity index (χ2v) is 8.21. The molecule has 0 spiro atoms. The number of piperidine rings is 1. The number of hydrogen-bond donors (Lipinski definition) is 0. The van der Waals surface area contributed by atoms with E-state index in [0.29, 0.717) is 45.8 Å². The summed E-state index contributed by atoms with van der Waals surface area (Å²) in [4.78, 5) is 30.3. The van der Waals surface area contributed by atoms with Gasteiger partial charge in [0.25, 0.3) is 11.8 Å². The average Bonchev–Trinajstić information content (AvgIpc) is 3.00. The van der Waals surface area contributed by atoms with Crippen LogP contribution in [-0.2, 0) is 9.59 Å². The molecule has 1 saturated heterocycles. The van der Waals surface area contributed by atoms with Gasteiger partial charge in [0.1, 0.15) is 11.4 Å². The highest BCUT2D eigenvalue weighted by Gasteiger charge is 2.42. The van der Waals surface area contributed by atoms with E-state index in [9.17, 15) is 9.59 Å². The maximum atomic E-state index is 13.5. The van der Waals surface area contributed by atoms with Crippen molar-refractivity contribution < 1.29 is 14.3 Å². The monoisotopic (exact) mass is 424 g/mol. The quantitative estimate of drug-likeness (QED) is 0.649. The Balaban J connectivity index is 1.74. The number of hydrogen-bond acceptors (Lipinski definition) is 4.